The summed E-state index contributed by atoms with van der Waals surface area (Å²) in [6, 6.07) is 42.7. The molecule has 0 radical (unpaired) electrons. The van der Waals surface area contributed by atoms with Crippen LogP contribution in [0.5, 0.6) is 0 Å². The van der Waals surface area contributed by atoms with Crippen molar-refractivity contribution in [3.63, 3.8) is 0 Å². The number of allylic oxidation sites excluding steroid dienone is 2. The second-order valence-corrected chi connectivity index (χ2v) is 9.59. The first-order valence-electron chi connectivity index (χ1n) is 12.6. The van der Waals surface area contributed by atoms with E-state index in [9.17, 15) is 10.1 Å². The lowest BCUT2D eigenvalue weighted by molar-refractivity contribution is -0.113. The van der Waals surface area contributed by atoms with Gasteiger partial charge in [0.1, 0.15) is 12.3 Å². The van der Waals surface area contributed by atoms with E-state index in [1.54, 1.807) is 0 Å². The number of carbonyl (C=O) groups is 1. The third kappa shape index (κ3) is 3.61. The second-order valence-electron chi connectivity index (χ2n) is 9.59. The first-order valence-corrected chi connectivity index (χ1v) is 12.6. The minimum atomic E-state index is -0.838. The number of carbonyl (C=O) groups excluding carboxylic acids is 1. The average molecular weight is 479 g/mol. The van der Waals surface area contributed by atoms with Crippen LogP contribution in [-0.4, -0.2) is 17.2 Å². The number of nitriles is 1. The Hall–Kier alpha value is -4.68. The second kappa shape index (κ2) is 9.41. The molecule has 1 fully saturated rings. The molecule has 0 bridgehead atoms. The number of nitrogens with zero attached hydrogens (tertiary/aromatic N) is 2. The van der Waals surface area contributed by atoms with E-state index < -0.39 is 17.5 Å². The number of rotatable bonds is 5. The van der Waals surface area contributed by atoms with Gasteiger partial charge in [-0.15, -0.1) is 0 Å². The van der Waals surface area contributed by atoms with Gasteiger partial charge in [0.15, 0.2) is 0 Å². The van der Waals surface area contributed by atoms with Crippen molar-refractivity contribution in [1.82, 2.24) is 4.90 Å². The monoisotopic (exact) mass is 478 g/mol. The molecule has 1 saturated heterocycles. The SMILES string of the molecule is N#CC1C(c2ccccc2)C(C=O)C2(c3ccccc3)C=C(c3ccccc3)C=C(c3ccccc3)N12. The molecule has 0 aromatic heterocycles. The molecule has 0 saturated carbocycles. The summed E-state index contributed by atoms with van der Waals surface area (Å²) in [5.41, 5.74) is 5.24. The fourth-order valence-electron chi connectivity index (χ4n) is 6.17. The zero-order valence-electron chi connectivity index (χ0n) is 20.3. The van der Waals surface area contributed by atoms with Crippen LogP contribution in [0.3, 0.4) is 0 Å². The van der Waals surface area contributed by atoms with Crippen LogP contribution in [0.1, 0.15) is 28.2 Å². The lowest BCUT2D eigenvalue weighted by Crippen LogP contribution is -2.47. The molecule has 4 atom stereocenters. The van der Waals surface area contributed by atoms with E-state index in [2.05, 4.69) is 59.5 Å². The molecule has 3 nitrogen and oxygen atoms in total. The van der Waals surface area contributed by atoms with Crippen molar-refractivity contribution >= 4 is 17.6 Å². The maximum atomic E-state index is 13.2. The Balaban J connectivity index is 1.70. The lowest BCUT2D eigenvalue weighted by Gasteiger charge is -2.45. The molecule has 4 aromatic carbocycles. The minimum Gasteiger partial charge on any atom is -0.340 e. The van der Waals surface area contributed by atoms with E-state index in [4.69, 9.17) is 0 Å². The Morgan fingerprint density at radius 3 is 1.84 bits per heavy atom. The largest absolute Gasteiger partial charge is 0.340 e. The maximum absolute atomic E-state index is 13.2. The van der Waals surface area contributed by atoms with Gasteiger partial charge in [-0.1, -0.05) is 121 Å². The fourth-order valence-corrected chi connectivity index (χ4v) is 6.17. The summed E-state index contributed by atoms with van der Waals surface area (Å²) in [4.78, 5) is 15.4. The molecular weight excluding hydrogens is 452 g/mol. The molecule has 2 heterocycles. The van der Waals surface area contributed by atoms with Crippen molar-refractivity contribution in [2.24, 2.45) is 5.92 Å². The Morgan fingerprint density at radius 1 is 0.730 bits per heavy atom. The van der Waals surface area contributed by atoms with Gasteiger partial charge < -0.3 is 9.69 Å². The number of fused-ring (bicyclic) bond motifs is 1. The quantitative estimate of drug-likeness (QED) is 0.295. The van der Waals surface area contributed by atoms with E-state index >= 15 is 0 Å². The van der Waals surface area contributed by atoms with Crippen molar-refractivity contribution in [3.8, 4) is 6.07 Å². The van der Waals surface area contributed by atoms with Gasteiger partial charge in [0.25, 0.3) is 0 Å². The van der Waals surface area contributed by atoms with Gasteiger partial charge in [-0.3, -0.25) is 0 Å². The molecule has 2 aliphatic rings. The smallest absolute Gasteiger partial charge is 0.126 e. The third-order valence-electron chi connectivity index (χ3n) is 7.72. The number of hydrogen-bond donors (Lipinski definition) is 0. The van der Waals surface area contributed by atoms with Crippen molar-refractivity contribution in [3.05, 3.63) is 156 Å². The molecule has 0 aliphatic carbocycles. The summed E-state index contributed by atoms with van der Waals surface area (Å²) in [6.07, 6.45) is 5.46. The van der Waals surface area contributed by atoms with E-state index in [-0.39, 0.29) is 5.92 Å². The highest BCUT2D eigenvalue weighted by molar-refractivity contribution is 5.89. The predicted octanol–water partition coefficient (Wildman–Crippen LogP) is 6.83. The highest BCUT2D eigenvalue weighted by Gasteiger charge is 2.61. The standard InChI is InChI=1S/C34H26N2O/c35-23-32-33(27-17-9-3-10-18-27)30(24-37)34(29-19-11-4-12-20-29)22-28(25-13-5-1-6-14-25)21-31(36(32)34)26-15-7-2-8-16-26/h1-22,24,30,32-33H. The summed E-state index contributed by atoms with van der Waals surface area (Å²) < 4.78 is 0. The van der Waals surface area contributed by atoms with Crippen LogP contribution in [-0.2, 0) is 10.3 Å². The molecule has 4 aromatic rings. The van der Waals surface area contributed by atoms with Crippen LogP contribution in [0, 0.1) is 17.2 Å². The van der Waals surface area contributed by atoms with Gasteiger partial charge in [0.2, 0.25) is 0 Å². The van der Waals surface area contributed by atoms with Crippen LogP contribution in [0.15, 0.2) is 133 Å². The molecule has 2 aliphatic heterocycles. The van der Waals surface area contributed by atoms with Crippen LogP contribution in [0.4, 0.5) is 0 Å². The minimum absolute atomic E-state index is 0.303. The summed E-state index contributed by atoms with van der Waals surface area (Å²) in [6.45, 7) is 0. The zero-order valence-corrected chi connectivity index (χ0v) is 20.3. The molecule has 178 valence electrons. The van der Waals surface area contributed by atoms with Gasteiger partial charge in [0.05, 0.1) is 17.5 Å². The predicted molar refractivity (Wildman–Crippen MR) is 147 cm³/mol. The van der Waals surface area contributed by atoms with E-state index in [0.29, 0.717) is 0 Å². The van der Waals surface area contributed by atoms with E-state index in [1.165, 1.54) is 0 Å². The molecule has 37 heavy (non-hydrogen) atoms. The Kier molecular flexibility index (Phi) is 5.79. The number of aldehydes is 1. The molecule has 0 spiro atoms. The van der Waals surface area contributed by atoms with Crippen LogP contribution in [0.2, 0.25) is 0 Å². The number of benzene rings is 4. The van der Waals surface area contributed by atoms with Gasteiger partial charge in [-0.2, -0.15) is 5.26 Å². The van der Waals surface area contributed by atoms with Crippen molar-refractivity contribution in [1.29, 1.82) is 5.26 Å². The summed E-state index contributed by atoms with van der Waals surface area (Å²) in [5.74, 6) is -0.782. The van der Waals surface area contributed by atoms with Crippen molar-refractivity contribution in [2.75, 3.05) is 0 Å². The Bertz CT molecular complexity index is 1500. The summed E-state index contributed by atoms with van der Waals surface area (Å²) in [7, 11) is 0. The first-order chi connectivity index (χ1) is 18.3. The number of hydrogen-bond acceptors (Lipinski definition) is 3. The molecule has 0 N–H and O–H groups in total. The highest BCUT2D eigenvalue weighted by Crippen LogP contribution is 2.59. The third-order valence-corrected chi connectivity index (χ3v) is 7.72. The van der Waals surface area contributed by atoms with Gasteiger partial charge in [-0.25, -0.2) is 0 Å². The van der Waals surface area contributed by atoms with Crippen molar-refractivity contribution < 1.29 is 4.79 Å². The molecule has 6 rings (SSSR count). The van der Waals surface area contributed by atoms with Crippen LogP contribution >= 0.6 is 0 Å². The van der Waals surface area contributed by atoms with E-state index in [0.717, 1.165) is 39.8 Å². The molecule has 3 heteroatoms. The maximum Gasteiger partial charge on any atom is 0.126 e. The van der Waals surface area contributed by atoms with E-state index in [1.807, 2.05) is 84.9 Å². The van der Waals surface area contributed by atoms with Crippen molar-refractivity contribution in [2.45, 2.75) is 17.5 Å². The molecule has 0 amide bonds. The topological polar surface area (TPSA) is 44.1 Å². The molecular formula is C34H26N2O. The Morgan fingerprint density at radius 2 is 1.27 bits per heavy atom. The normalized spacial score (nSPS) is 24.4. The lowest BCUT2D eigenvalue weighted by atomic mass is 9.71. The first kappa shape index (κ1) is 22.8. The highest BCUT2D eigenvalue weighted by atomic mass is 16.1. The average Bonchev–Trinajstić information content (AvgIpc) is 3.29. The van der Waals surface area contributed by atoms with Gasteiger partial charge >= 0.3 is 0 Å². The van der Waals surface area contributed by atoms with Crippen LogP contribution in [0.25, 0.3) is 11.3 Å². The fraction of sp³-hybridized carbons (Fsp3) is 0.118. The van der Waals surface area contributed by atoms with Gasteiger partial charge in [-0.05, 0) is 40.0 Å². The summed E-state index contributed by atoms with van der Waals surface area (Å²) in [5, 5.41) is 10.7. The van der Waals surface area contributed by atoms with Gasteiger partial charge in [0, 0.05) is 11.6 Å². The van der Waals surface area contributed by atoms with Crippen LogP contribution < -0.4 is 0 Å². The molecule has 4 unspecified atom stereocenters. The Labute approximate surface area is 217 Å². The zero-order chi connectivity index (χ0) is 25.2. The summed E-state index contributed by atoms with van der Waals surface area (Å²) >= 11 is 0.